The Balaban J connectivity index is 2.20. The Morgan fingerprint density at radius 2 is 2.43 bits per heavy atom. The zero-order valence-corrected chi connectivity index (χ0v) is 8.71. The number of nitrogen functional groups attached to an aromatic ring is 1. The summed E-state index contributed by atoms with van der Waals surface area (Å²) in [7, 11) is 0. The van der Waals surface area contributed by atoms with Gasteiger partial charge in [-0.3, -0.25) is 0 Å². The number of hydrogen-bond donors (Lipinski definition) is 2. The number of anilines is 1. The van der Waals surface area contributed by atoms with Gasteiger partial charge in [0.1, 0.15) is 5.82 Å². The van der Waals surface area contributed by atoms with Crippen LogP contribution in [-0.4, -0.2) is 16.3 Å². The highest BCUT2D eigenvalue weighted by Crippen LogP contribution is 2.20. The monoisotopic (exact) mass is 194 g/mol. The molecule has 4 heteroatoms. The zero-order chi connectivity index (χ0) is 9.97. The Kier molecular flexibility index (Phi) is 2.72. The summed E-state index contributed by atoms with van der Waals surface area (Å²) in [5.41, 5.74) is 8.43. The molecule has 1 aromatic rings. The number of rotatable bonds is 3. The number of hydrogen-bond acceptors (Lipinski definition) is 3. The Morgan fingerprint density at radius 1 is 1.57 bits per heavy atom. The normalized spacial score (nSPS) is 15.5. The van der Waals surface area contributed by atoms with Crippen LogP contribution in [0.5, 0.6) is 0 Å². The van der Waals surface area contributed by atoms with Gasteiger partial charge in [0.25, 0.3) is 0 Å². The van der Waals surface area contributed by atoms with Gasteiger partial charge < -0.3 is 11.1 Å². The number of unbranched alkanes of at least 4 members (excludes halogenated alkanes) is 1. The van der Waals surface area contributed by atoms with E-state index in [-0.39, 0.29) is 0 Å². The molecule has 14 heavy (non-hydrogen) atoms. The van der Waals surface area contributed by atoms with E-state index < -0.39 is 0 Å². The van der Waals surface area contributed by atoms with Gasteiger partial charge in [-0.15, -0.1) is 0 Å². The van der Waals surface area contributed by atoms with Crippen LogP contribution in [0.1, 0.15) is 31.0 Å². The van der Waals surface area contributed by atoms with Crippen LogP contribution in [0.15, 0.2) is 0 Å². The van der Waals surface area contributed by atoms with Crippen molar-refractivity contribution in [1.29, 1.82) is 0 Å². The molecule has 2 heterocycles. The smallest absolute Gasteiger partial charge is 0.126 e. The van der Waals surface area contributed by atoms with Crippen molar-refractivity contribution >= 4 is 5.82 Å². The standard InChI is InChI=1S/C10H18N4/c1-2-3-6-14-10(11)8-7-12-5-4-9(8)13-14/h12H,2-7,11H2,1H3. The highest BCUT2D eigenvalue weighted by Gasteiger charge is 2.17. The van der Waals surface area contributed by atoms with Crippen molar-refractivity contribution in [3.63, 3.8) is 0 Å². The van der Waals surface area contributed by atoms with Gasteiger partial charge in [-0.1, -0.05) is 13.3 Å². The lowest BCUT2D eigenvalue weighted by molar-refractivity contribution is 0.568. The van der Waals surface area contributed by atoms with E-state index in [2.05, 4.69) is 17.3 Å². The van der Waals surface area contributed by atoms with Crippen molar-refractivity contribution in [2.75, 3.05) is 12.3 Å². The fraction of sp³-hybridized carbons (Fsp3) is 0.700. The average molecular weight is 194 g/mol. The number of nitrogens with two attached hydrogens (primary N) is 1. The maximum Gasteiger partial charge on any atom is 0.126 e. The highest BCUT2D eigenvalue weighted by atomic mass is 15.3. The van der Waals surface area contributed by atoms with Crippen molar-refractivity contribution in [1.82, 2.24) is 15.1 Å². The number of aromatic nitrogens is 2. The van der Waals surface area contributed by atoms with Crippen LogP contribution in [0.3, 0.4) is 0 Å². The summed E-state index contributed by atoms with van der Waals surface area (Å²) in [5.74, 6) is 0.862. The fourth-order valence-electron chi connectivity index (χ4n) is 1.86. The highest BCUT2D eigenvalue weighted by molar-refractivity contribution is 5.44. The SMILES string of the molecule is CCCCn1nc2c(c1N)CNCC2. The average Bonchev–Trinajstić information content (AvgIpc) is 2.54. The molecule has 4 nitrogen and oxygen atoms in total. The lowest BCUT2D eigenvalue weighted by Gasteiger charge is -2.10. The first-order valence-electron chi connectivity index (χ1n) is 5.37. The van der Waals surface area contributed by atoms with Gasteiger partial charge in [0.05, 0.1) is 5.69 Å². The third kappa shape index (κ3) is 1.62. The lowest BCUT2D eigenvalue weighted by atomic mass is 10.1. The van der Waals surface area contributed by atoms with Gasteiger partial charge in [-0.25, -0.2) is 4.68 Å². The summed E-state index contributed by atoms with van der Waals surface area (Å²) in [6, 6.07) is 0. The van der Waals surface area contributed by atoms with E-state index in [1.165, 1.54) is 17.7 Å². The second kappa shape index (κ2) is 4.00. The van der Waals surface area contributed by atoms with Gasteiger partial charge in [-0.2, -0.15) is 5.10 Å². The van der Waals surface area contributed by atoms with E-state index in [0.717, 1.165) is 38.3 Å². The molecule has 0 saturated carbocycles. The van der Waals surface area contributed by atoms with Crippen molar-refractivity contribution < 1.29 is 0 Å². The molecule has 1 aromatic heterocycles. The topological polar surface area (TPSA) is 55.9 Å². The summed E-state index contributed by atoms with van der Waals surface area (Å²) >= 11 is 0. The second-order valence-corrected chi connectivity index (χ2v) is 3.81. The maximum absolute atomic E-state index is 6.03. The fourth-order valence-corrected chi connectivity index (χ4v) is 1.86. The molecule has 0 fully saturated rings. The summed E-state index contributed by atoms with van der Waals surface area (Å²) in [4.78, 5) is 0. The molecule has 0 unspecified atom stereocenters. The molecular weight excluding hydrogens is 176 g/mol. The Labute approximate surface area is 84.5 Å². The number of nitrogens with zero attached hydrogens (tertiary/aromatic N) is 2. The number of fused-ring (bicyclic) bond motifs is 1. The molecule has 0 aromatic carbocycles. The molecule has 78 valence electrons. The van der Waals surface area contributed by atoms with E-state index in [1.54, 1.807) is 0 Å². The van der Waals surface area contributed by atoms with Crippen LogP contribution in [0.4, 0.5) is 5.82 Å². The molecular formula is C10H18N4. The third-order valence-corrected chi connectivity index (χ3v) is 2.74. The minimum atomic E-state index is 0.862. The molecule has 1 aliphatic rings. The molecule has 0 aliphatic carbocycles. The quantitative estimate of drug-likeness (QED) is 0.752. The number of nitrogens with one attached hydrogen (secondary N) is 1. The molecule has 0 amide bonds. The van der Waals surface area contributed by atoms with Gasteiger partial charge in [0.15, 0.2) is 0 Å². The van der Waals surface area contributed by atoms with E-state index >= 15 is 0 Å². The summed E-state index contributed by atoms with van der Waals surface area (Å²) in [5, 5.41) is 7.86. The molecule has 0 bridgehead atoms. The van der Waals surface area contributed by atoms with Gasteiger partial charge >= 0.3 is 0 Å². The van der Waals surface area contributed by atoms with Crippen molar-refractivity contribution in [2.45, 2.75) is 39.3 Å². The van der Waals surface area contributed by atoms with E-state index in [0.29, 0.717) is 0 Å². The first-order valence-corrected chi connectivity index (χ1v) is 5.37. The molecule has 0 atom stereocenters. The minimum absolute atomic E-state index is 0.862. The lowest BCUT2D eigenvalue weighted by Crippen LogP contribution is -2.23. The van der Waals surface area contributed by atoms with Crippen LogP contribution >= 0.6 is 0 Å². The Morgan fingerprint density at radius 3 is 3.14 bits per heavy atom. The first kappa shape index (κ1) is 9.52. The molecule has 3 N–H and O–H groups in total. The molecule has 2 rings (SSSR count). The first-order chi connectivity index (χ1) is 6.83. The second-order valence-electron chi connectivity index (χ2n) is 3.81. The molecule has 0 spiro atoms. The predicted octanol–water partition coefficient (Wildman–Crippen LogP) is 0.911. The Bertz CT molecular complexity index is 316. The van der Waals surface area contributed by atoms with Gasteiger partial charge in [0, 0.05) is 31.6 Å². The van der Waals surface area contributed by atoms with Crippen LogP contribution in [0.25, 0.3) is 0 Å². The molecule has 0 radical (unpaired) electrons. The van der Waals surface area contributed by atoms with Crippen LogP contribution < -0.4 is 11.1 Å². The van der Waals surface area contributed by atoms with Crippen molar-refractivity contribution in [3.8, 4) is 0 Å². The van der Waals surface area contributed by atoms with E-state index in [4.69, 9.17) is 5.73 Å². The van der Waals surface area contributed by atoms with Gasteiger partial charge in [-0.05, 0) is 6.42 Å². The summed E-state index contributed by atoms with van der Waals surface area (Å²) in [6.07, 6.45) is 3.35. The summed E-state index contributed by atoms with van der Waals surface area (Å²) in [6.45, 7) is 5.04. The molecule has 1 aliphatic heterocycles. The maximum atomic E-state index is 6.03. The van der Waals surface area contributed by atoms with Gasteiger partial charge in [0.2, 0.25) is 0 Å². The Hall–Kier alpha value is -1.03. The summed E-state index contributed by atoms with van der Waals surface area (Å²) < 4.78 is 1.96. The molecule has 0 saturated heterocycles. The van der Waals surface area contributed by atoms with E-state index in [9.17, 15) is 0 Å². The van der Waals surface area contributed by atoms with Crippen molar-refractivity contribution in [2.24, 2.45) is 0 Å². The zero-order valence-electron chi connectivity index (χ0n) is 8.71. The van der Waals surface area contributed by atoms with E-state index in [1.807, 2.05) is 4.68 Å². The minimum Gasteiger partial charge on any atom is -0.384 e. The van der Waals surface area contributed by atoms with Crippen LogP contribution in [0, 0.1) is 0 Å². The number of aryl methyl sites for hydroxylation is 1. The predicted molar refractivity (Wildman–Crippen MR) is 57.0 cm³/mol. The largest absolute Gasteiger partial charge is 0.384 e. The van der Waals surface area contributed by atoms with Crippen molar-refractivity contribution in [3.05, 3.63) is 11.3 Å². The third-order valence-electron chi connectivity index (χ3n) is 2.74. The van der Waals surface area contributed by atoms with Crippen LogP contribution in [0.2, 0.25) is 0 Å². The van der Waals surface area contributed by atoms with Crippen LogP contribution in [-0.2, 0) is 19.5 Å².